The molecule has 6 nitrogen and oxygen atoms in total. The maximum absolute atomic E-state index is 12.0. The lowest BCUT2D eigenvalue weighted by Gasteiger charge is -2.07. The predicted octanol–water partition coefficient (Wildman–Crippen LogP) is 1.07. The molecule has 2 aromatic rings. The number of hydrogen-bond donors (Lipinski definition) is 2. The normalized spacial score (nSPS) is 9.95. The van der Waals surface area contributed by atoms with Gasteiger partial charge in [0.25, 0.3) is 5.91 Å². The molecule has 1 amide bonds. The summed E-state index contributed by atoms with van der Waals surface area (Å²) in [7, 11) is 0. The number of rotatable bonds is 5. The van der Waals surface area contributed by atoms with Crippen LogP contribution in [-0.4, -0.2) is 29.0 Å². The van der Waals surface area contributed by atoms with Crippen molar-refractivity contribution in [3.63, 3.8) is 0 Å². The third kappa shape index (κ3) is 3.75. The van der Waals surface area contributed by atoms with E-state index >= 15 is 0 Å². The smallest absolute Gasteiger partial charge is 0.258 e. The molecule has 6 heteroatoms. The summed E-state index contributed by atoms with van der Waals surface area (Å²) in [5.41, 5.74) is 5.83. The molecule has 0 radical (unpaired) electrons. The van der Waals surface area contributed by atoms with Crippen LogP contribution < -0.4 is 15.8 Å². The van der Waals surface area contributed by atoms with Crippen molar-refractivity contribution in [1.29, 1.82) is 0 Å². The molecule has 1 aromatic carbocycles. The Morgan fingerprint density at radius 1 is 1.26 bits per heavy atom. The third-order valence-electron chi connectivity index (χ3n) is 2.27. The topological polar surface area (TPSA) is 90.1 Å². The van der Waals surface area contributed by atoms with Crippen LogP contribution in [0.4, 0.5) is 5.95 Å². The molecule has 0 aliphatic carbocycles. The standard InChI is InChI=1S/C13H14N4O2/c14-5-8-19-11-4-1-3-10(9-11)12(18)17-13-15-6-2-7-16-13/h1-4,6-7,9H,5,8,14H2,(H,15,16,17,18). The number of ether oxygens (including phenoxy) is 1. The third-order valence-corrected chi connectivity index (χ3v) is 2.27. The van der Waals surface area contributed by atoms with Crippen LogP contribution in [0.1, 0.15) is 10.4 Å². The number of amides is 1. The quantitative estimate of drug-likeness (QED) is 0.837. The molecule has 0 fully saturated rings. The maximum Gasteiger partial charge on any atom is 0.258 e. The molecule has 19 heavy (non-hydrogen) atoms. The molecule has 2 rings (SSSR count). The van der Waals surface area contributed by atoms with Crippen molar-refractivity contribution in [1.82, 2.24) is 9.97 Å². The number of aromatic nitrogens is 2. The number of benzene rings is 1. The highest BCUT2D eigenvalue weighted by Crippen LogP contribution is 2.14. The highest BCUT2D eigenvalue weighted by Gasteiger charge is 2.08. The second kappa shape index (κ2) is 6.46. The molecule has 0 aliphatic rings. The fourth-order valence-corrected chi connectivity index (χ4v) is 1.44. The van der Waals surface area contributed by atoms with Crippen molar-refractivity contribution in [2.24, 2.45) is 5.73 Å². The Balaban J connectivity index is 2.06. The summed E-state index contributed by atoms with van der Waals surface area (Å²) in [6.07, 6.45) is 3.12. The number of nitrogens with one attached hydrogen (secondary N) is 1. The van der Waals surface area contributed by atoms with Crippen molar-refractivity contribution in [3.05, 3.63) is 48.3 Å². The zero-order valence-electron chi connectivity index (χ0n) is 10.2. The number of nitrogens with two attached hydrogens (primary N) is 1. The molecule has 1 aromatic heterocycles. The van der Waals surface area contributed by atoms with Crippen LogP contribution in [0.2, 0.25) is 0 Å². The Morgan fingerprint density at radius 2 is 2.05 bits per heavy atom. The first-order chi connectivity index (χ1) is 9.29. The van der Waals surface area contributed by atoms with E-state index in [0.717, 1.165) is 0 Å². The number of carbonyl (C=O) groups excluding carboxylic acids is 1. The molecule has 0 saturated carbocycles. The van der Waals surface area contributed by atoms with E-state index in [0.29, 0.717) is 24.5 Å². The van der Waals surface area contributed by atoms with Crippen molar-refractivity contribution >= 4 is 11.9 Å². The molecular weight excluding hydrogens is 244 g/mol. The lowest BCUT2D eigenvalue weighted by atomic mass is 10.2. The predicted molar refractivity (Wildman–Crippen MR) is 71.0 cm³/mol. The fourth-order valence-electron chi connectivity index (χ4n) is 1.44. The molecule has 0 unspecified atom stereocenters. The first-order valence-electron chi connectivity index (χ1n) is 5.81. The highest BCUT2D eigenvalue weighted by molar-refractivity contribution is 6.03. The molecular formula is C13H14N4O2. The average molecular weight is 258 g/mol. The first kappa shape index (κ1) is 13.0. The van der Waals surface area contributed by atoms with Crippen molar-refractivity contribution in [3.8, 4) is 5.75 Å². The number of hydrogen-bond acceptors (Lipinski definition) is 5. The minimum Gasteiger partial charge on any atom is -0.492 e. The van der Waals surface area contributed by atoms with Crippen LogP contribution in [0.3, 0.4) is 0 Å². The van der Waals surface area contributed by atoms with E-state index in [4.69, 9.17) is 10.5 Å². The van der Waals surface area contributed by atoms with Gasteiger partial charge in [0.15, 0.2) is 0 Å². The SMILES string of the molecule is NCCOc1cccc(C(=O)Nc2ncccn2)c1. The van der Waals surface area contributed by atoms with Crippen LogP contribution in [0.25, 0.3) is 0 Å². The molecule has 3 N–H and O–H groups in total. The van der Waals surface area contributed by atoms with Gasteiger partial charge in [0, 0.05) is 24.5 Å². The second-order valence-electron chi connectivity index (χ2n) is 3.69. The van der Waals surface area contributed by atoms with Crippen LogP contribution in [0, 0.1) is 0 Å². The zero-order valence-corrected chi connectivity index (χ0v) is 10.2. The van der Waals surface area contributed by atoms with E-state index in [1.807, 2.05) is 0 Å². The summed E-state index contributed by atoms with van der Waals surface area (Å²) in [5.74, 6) is 0.581. The maximum atomic E-state index is 12.0. The summed E-state index contributed by atoms with van der Waals surface area (Å²) in [4.78, 5) is 19.8. The lowest BCUT2D eigenvalue weighted by Crippen LogP contribution is -2.14. The minimum atomic E-state index is -0.288. The van der Waals surface area contributed by atoms with E-state index in [-0.39, 0.29) is 11.9 Å². The Labute approximate surface area is 110 Å². The summed E-state index contributed by atoms with van der Waals surface area (Å²) in [6.45, 7) is 0.834. The fraction of sp³-hybridized carbons (Fsp3) is 0.154. The van der Waals surface area contributed by atoms with Gasteiger partial charge in [0.2, 0.25) is 5.95 Å². The average Bonchev–Trinajstić information content (AvgIpc) is 2.46. The summed E-state index contributed by atoms with van der Waals surface area (Å²) < 4.78 is 5.36. The molecule has 0 bridgehead atoms. The minimum absolute atomic E-state index is 0.265. The van der Waals surface area contributed by atoms with E-state index in [9.17, 15) is 4.79 Å². The Morgan fingerprint density at radius 3 is 2.79 bits per heavy atom. The van der Waals surface area contributed by atoms with Gasteiger partial charge in [-0.2, -0.15) is 0 Å². The lowest BCUT2D eigenvalue weighted by molar-refractivity contribution is 0.102. The van der Waals surface area contributed by atoms with Gasteiger partial charge in [0.05, 0.1) is 0 Å². The molecule has 1 heterocycles. The molecule has 0 aliphatic heterocycles. The van der Waals surface area contributed by atoms with Gasteiger partial charge in [0.1, 0.15) is 12.4 Å². The molecule has 0 saturated heterocycles. The monoisotopic (exact) mass is 258 g/mol. The van der Waals surface area contributed by atoms with E-state index < -0.39 is 0 Å². The van der Waals surface area contributed by atoms with Gasteiger partial charge < -0.3 is 10.5 Å². The number of carbonyl (C=O) groups is 1. The van der Waals surface area contributed by atoms with Gasteiger partial charge in [-0.3, -0.25) is 10.1 Å². The van der Waals surface area contributed by atoms with E-state index in [1.54, 1.807) is 42.7 Å². The highest BCUT2D eigenvalue weighted by atomic mass is 16.5. The number of anilines is 1. The van der Waals surface area contributed by atoms with Crippen molar-refractivity contribution < 1.29 is 9.53 Å². The van der Waals surface area contributed by atoms with Crippen molar-refractivity contribution in [2.45, 2.75) is 0 Å². The molecule has 98 valence electrons. The van der Waals surface area contributed by atoms with Crippen molar-refractivity contribution in [2.75, 3.05) is 18.5 Å². The van der Waals surface area contributed by atoms with Gasteiger partial charge in [-0.25, -0.2) is 9.97 Å². The van der Waals surface area contributed by atoms with Crippen LogP contribution in [0.15, 0.2) is 42.7 Å². The summed E-state index contributed by atoms with van der Waals surface area (Å²) in [5, 5.41) is 2.60. The second-order valence-corrected chi connectivity index (χ2v) is 3.69. The van der Waals surface area contributed by atoms with Gasteiger partial charge in [-0.1, -0.05) is 6.07 Å². The Kier molecular flexibility index (Phi) is 4.41. The van der Waals surface area contributed by atoms with Crippen LogP contribution in [-0.2, 0) is 0 Å². The number of nitrogens with zero attached hydrogens (tertiary/aromatic N) is 2. The molecule has 0 atom stereocenters. The summed E-state index contributed by atoms with van der Waals surface area (Å²) >= 11 is 0. The van der Waals surface area contributed by atoms with E-state index in [2.05, 4.69) is 15.3 Å². The molecule has 0 spiro atoms. The van der Waals surface area contributed by atoms with Gasteiger partial charge in [-0.15, -0.1) is 0 Å². The first-order valence-corrected chi connectivity index (χ1v) is 5.81. The van der Waals surface area contributed by atoms with Crippen LogP contribution >= 0.6 is 0 Å². The largest absolute Gasteiger partial charge is 0.492 e. The summed E-state index contributed by atoms with van der Waals surface area (Å²) in [6, 6.07) is 8.52. The van der Waals surface area contributed by atoms with Gasteiger partial charge in [-0.05, 0) is 24.3 Å². The van der Waals surface area contributed by atoms with E-state index in [1.165, 1.54) is 0 Å². The Hall–Kier alpha value is -2.47. The zero-order chi connectivity index (χ0) is 13.5. The Bertz CT molecular complexity index is 545. The van der Waals surface area contributed by atoms with Gasteiger partial charge >= 0.3 is 0 Å². The van der Waals surface area contributed by atoms with Crippen LogP contribution in [0.5, 0.6) is 5.75 Å².